The van der Waals surface area contributed by atoms with Crippen LogP contribution in [0.25, 0.3) is 0 Å². The van der Waals surface area contributed by atoms with Crippen molar-refractivity contribution < 1.29 is 9.59 Å². The first kappa shape index (κ1) is 15.9. The molecule has 0 aromatic heterocycles. The first-order valence-corrected chi connectivity index (χ1v) is 6.21. The minimum absolute atomic E-state index is 0.0641. The van der Waals surface area contributed by atoms with Gasteiger partial charge in [0.2, 0.25) is 11.8 Å². The van der Waals surface area contributed by atoms with E-state index in [1.807, 2.05) is 13.8 Å². The molecule has 0 aliphatic heterocycles. The number of hydrogen-bond acceptors (Lipinski definition) is 3. The Balaban J connectivity index is 3.49. The van der Waals surface area contributed by atoms with Crippen molar-refractivity contribution in [3.8, 4) is 0 Å². The predicted octanol–water partition coefficient (Wildman–Crippen LogP) is 0.405. The van der Waals surface area contributed by atoms with Crippen LogP contribution in [0.2, 0.25) is 0 Å². The van der Waals surface area contributed by atoms with Gasteiger partial charge in [-0.2, -0.15) is 0 Å². The van der Waals surface area contributed by atoms with E-state index in [4.69, 9.17) is 0 Å². The van der Waals surface area contributed by atoms with Gasteiger partial charge in [0.1, 0.15) is 0 Å². The summed E-state index contributed by atoms with van der Waals surface area (Å²) in [6.45, 7) is 8.79. The Morgan fingerprint density at radius 2 is 1.65 bits per heavy atom. The van der Waals surface area contributed by atoms with E-state index in [2.05, 4.69) is 29.8 Å². The summed E-state index contributed by atoms with van der Waals surface area (Å²) in [4.78, 5) is 22.6. The highest BCUT2D eigenvalue weighted by atomic mass is 16.2. The molecule has 0 heterocycles. The van der Waals surface area contributed by atoms with Crippen LogP contribution in [0.5, 0.6) is 0 Å². The molecule has 0 spiro atoms. The van der Waals surface area contributed by atoms with Crippen LogP contribution in [0.3, 0.4) is 0 Å². The molecular weight excluding hydrogens is 218 g/mol. The summed E-state index contributed by atoms with van der Waals surface area (Å²) in [6.07, 6.45) is 1.24. The molecule has 0 unspecified atom stereocenters. The highest BCUT2D eigenvalue weighted by Crippen LogP contribution is 1.88. The summed E-state index contributed by atoms with van der Waals surface area (Å²) in [5.41, 5.74) is 0. The maximum absolute atomic E-state index is 11.4. The number of carbonyl (C=O) groups excluding carboxylic acids is 2. The van der Waals surface area contributed by atoms with E-state index in [0.717, 1.165) is 13.0 Å². The van der Waals surface area contributed by atoms with Gasteiger partial charge in [-0.25, -0.2) is 0 Å². The Labute approximate surface area is 104 Å². The average Bonchev–Trinajstić information content (AvgIpc) is 2.20. The van der Waals surface area contributed by atoms with Gasteiger partial charge in [-0.15, -0.1) is 0 Å². The molecule has 0 saturated carbocycles. The van der Waals surface area contributed by atoms with E-state index in [1.165, 1.54) is 0 Å². The van der Waals surface area contributed by atoms with Gasteiger partial charge in [-0.3, -0.25) is 9.59 Å². The fraction of sp³-hybridized carbons (Fsp3) is 0.833. The number of hydrogen-bond donors (Lipinski definition) is 3. The molecule has 100 valence electrons. The topological polar surface area (TPSA) is 70.2 Å². The number of amides is 2. The third-order valence-corrected chi connectivity index (χ3v) is 2.03. The molecule has 0 saturated heterocycles. The van der Waals surface area contributed by atoms with Crippen LogP contribution in [-0.2, 0) is 9.59 Å². The summed E-state index contributed by atoms with van der Waals surface area (Å²) in [6, 6.07) is 0.546. The summed E-state index contributed by atoms with van der Waals surface area (Å²) in [5.74, 6) is -0.219. The molecule has 0 atom stereocenters. The monoisotopic (exact) mass is 243 g/mol. The lowest BCUT2D eigenvalue weighted by Crippen LogP contribution is -2.39. The second kappa shape index (κ2) is 8.98. The lowest BCUT2D eigenvalue weighted by atomic mass is 10.2. The molecule has 0 aliphatic carbocycles. The van der Waals surface area contributed by atoms with E-state index >= 15 is 0 Å². The zero-order valence-corrected chi connectivity index (χ0v) is 11.3. The average molecular weight is 243 g/mol. The zero-order valence-electron chi connectivity index (χ0n) is 11.3. The summed E-state index contributed by atoms with van der Waals surface area (Å²) in [7, 11) is 0. The van der Waals surface area contributed by atoms with Gasteiger partial charge < -0.3 is 16.0 Å². The van der Waals surface area contributed by atoms with Gasteiger partial charge in [-0.05, 0) is 26.8 Å². The predicted molar refractivity (Wildman–Crippen MR) is 68.7 cm³/mol. The van der Waals surface area contributed by atoms with Crippen LogP contribution in [-0.4, -0.2) is 37.0 Å². The fourth-order valence-corrected chi connectivity index (χ4v) is 1.28. The lowest BCUT2D eigenvalue weighted by molar-refractivity contribution is -0.126. The van der Waals surface area contributed by atoms with Crippen molar-refractivity contribution in [2.75, 3.05) is 13.1 Å². The molecule has 17 heavy (non-hydrogen) atoms. The second-order valence-electron chi connectivity index (χ2n) is 4.71. The molecule has 0 radical (unpaired) electrons. The van der Waals surface area contributed by atoms with E-state index in [-0.39, 0.29) is 24.4 Å². The van der Waals surface area contributed by atoms with Gasteiger partial charge in [0.15, 0.2) is 0 Å². The van der Waals surface area contributed by atoms with Crippen LogP contribution in [0.1, 0.15) is 40.5 Å². The Morgan fingerprint density at radius 1 is 1.00 bits per heavy atom. The Bertz CT molecular complexity index is 240. The van der Waals surface area contributed by atoms with Gasteiger partial charge >= 0.3 is 0 Å². The van der Waals surface area contributed by atoms with E-state index in [1.54, 1.807) is 0 Å². The van der Waals surface area contributed by atoms with Crippen molar-refractivity contribution in [2.24, 2.45) is 0 Å². The highest BCUT2D eigenvalue weighted by molar-refractivity contribution is 5.84. The van der Waals surface area contributed by atoms with Crippen molar-refractivity contribution in [1.29, 1.82) is 0 Å². The SMILES string of the molecule is CC(C)NCCCC(=O)NCC(=O)NC(C)C. The molecular formula is C12H25N3O2. The fourth-order valence-electron chi connectivity index (χ4n) is 1.28. The molecule has 0 aliphatic rings. The van der Waals surface area contributed by atoms with Crippen molar-refractivity contribution in [3.63, 3.8) is 0 Å². The minimum Gasteiger partial charge on any atom is -0.352 e. The third kappa shape index (κ3) is 11.2. The van der Waals surface area contributed by atoms with Crippen LogP contribution < -0.4 is 16.0 Å². The van der Waals surface area contributed by atoms with Crippen LogP contribution in [0, 0.1) is 0 Å². The van der Waals surface area contributed by atoms with Gasteiger partial charge in [0.05, 0.1) is 6.54 Å². The van der Waals surface area contributed by atoms with E-state index in [0.29, 0.717) is 12.5 Å². The van der Waals surface area contributed by atoms with Gasteiger partial charge in [0, 0.05) is 18.5 Å². The normalized spacial score (nSPS) is 10.7. The molecule has 0 rings (SSSR count). The van der Waals surface area contributed by atoms with Crippen molar-refractivity contribution >= 4 is 11.8 Å². The van der Waals surface area contributed by atoms with Crippen LogP contribution in [0.4, 0.5) is 0 Å². The summed E-state index contributed by atoms with van der Waals surface area (Å²) in [5, 5.41) is 8.54. The van der Waals surface area contributed by atoms with Crippen molar-refractivity contribution in [1.82, 2.24) is 16.0 Å². The van der Waals surface area contributed by atoms with Crippen molar-refractivity contribution in [3.05, 3.63) is 0 Å². The smallest absolute Gasteiger partial charge is 0.239 e. The lowest BCUT2D eigenvalue weighted by Gasteiger charge is -2.10. The molecule has 0 fully saturated rings. The van der Waals surface area contributed by atoms with Crippen LogP contribution >= 0.6 is 0 Å². The van der Waals surface area contributed by atoms with Gasteiger partial charge in [0.25, 0.3) is 0 Å². The zero-order chi connectivity index (χ0) is 13.3. The van der Waals surface area contributed by atoms with Crippen LogP contribution in [0.15, 0.2) is 0 Å². The molecule has 5 nitrogen and oxygen atoms in total. The Kier molecular flexibility index (Phi) is 8.40. The quantitative estimate of drug-likeness (QED) is 0.541. The minimum atomic E-state index is -0.145. The maximum atomic E-state index is 11.4. The molecule has 0 aromatic rings. The Morgan fingerprint density at radius 3 is 2.18 bits per heavy atom. The first-order valence-electron chi connectivity index (χ1n) is 6.21. The third-order valence-electron chi connectivity index (χ3n) is 2.03. The number of rotatable bonds is 8. The number of carbonyl (C=O) groups is 2. The maximum Gasteiger partial charge on any atom is 0.239 e. The van der Waals surface area contributed by atoms with E-state index in [9.17, 15) is 9.59 Å². The number of nitrogens with one attached hydrogen (secondary N) is 3. The molecule has 3 N–H and O–H groups in total. The van der Waals surface area contributed by atoms with Crippen molar-refractivity contribution in [2.45, 2.75) is 52.6 Å². The highest BCUT2D eigenvalue weighted by Gasteiger charge is 2.06. The molecule has 0 aromatic carbocycles. The second-order valence-corrected chi connectivity index (χ2v) is 4.71. The summed E-state index contributed by atoms with van der Waals surface area (Å²) >= 11 is 0. The molecule has 5 heteroatoms. The first-order chi connectivity index (χ1) is 7.91. The van der Waals surface area contributed by atoms with Gasteiger partial charge in [-0.1, -0.05) is 13.8 Å². The molecule has 2 amide bonds. The molecule has 0 bridgehead atoms. The summed E-state index contributed by atoms with van der Waals surface area (Å²) < 4.78 is 0. The standard InChI is InChI=1S/C12H25N3O2/c1-9(2)13-7-5-6-11(16)14-8-12(17)15-10(3)4/h9-10,13H,5-8H2,1-4H3,(H,14,16)(H,15,17). The largest absolute Gasteiger partial charge is 0.352 e. The Hall–Kier alpha value is -1.10. The van der Waals surface area contributed by atoms with E-state index < -0.39 is 0 Å².